The van der Waals surface area contributed by atoms with Crippen LogP contribution in [0, 0.1) is 11.3 Å². The number of piperidine rings is 1. The number of likely N-dealkylation sites (tertiary alicyclic amines) is 1. The fourth-order valence-corrected chi connectivity index (χ4v) is 4.36. The molecule has 174 valence electrons. The van der Waals surface area contributed by atoms with Crippen molar-refractivity contribution in [1.82, 2.24) is 39.3 Å². The Morgan fingerprint density at radius 2 is 2.15 bits per heavy atom. The summed E-state index contributed by atoms with van der Waals surface area (Å²) in [7, 11) is 0. The molecule has 0 unspecified atom stereocenters. The highest BCUT2D eigenvalue weighted by atomic mass is 16.2. The average molecular weight is 460 g/mol. The maximum absolute atomic E-state index is 12.9. The lowest BCUT2D eigenvalue weighted by molar-refractivity contribution is 0.159. The lowest BCUT2D eigenvalue weighted by Crippen LogP contribution is -2.52. The summed E-state index contributed by atoms with van der Waals surface area (Å²) >= 11 is 0. The van der Waals surface area contributed by atoms with Crippen molar-refractivity contribution >= 4 is 22.7 Å². The number of imidazole rings is 1. The van der Waals surface area contributed by atoms with Crippen LogP contribution in [0.2, 0.25) is 0 Å². The van der Waals surface area contributed by atoms with E-state index in [0.29, 0.717) is 46.7 Å². The number of carbonyl (C=O) groups is 1. The van der Waals surface area contributed by atoms with Gasteiger partial charge in [-0.25, -0.2) is 24.1 Å². The maximum Gasteiger partial charge on any atom is 0.328 e. The number of nitrogens with one attached hydrogen (secondary N) is 2. The van der Waals surface area contributed by atoms with Crippen LogP contribution < -0.4 is 11.0 Å². The van der Waals surface area contributed by atoms with E-state index >= 15 is 0 Å². The molecule has 1 aliphatic rings. The number of hydrogen-bond donors (Lipinski definition) is 2. The smallest absolute Gasteiger partial charge is 0.328 e. The molecule has 0 saturated carbocycles. The third kappa shape index (κ3) is 3.87. The van der Waals surface area contributed by atoms with E-state index in [0.717, 1.165) is 12.8 Å². The molecule has 0 bridgehead atoms. The Balaban J connectivity index is 1.53. The van der Waals surface area contributed by atoms with E-state index in [-0.39, 0.29) is 23.3 Å². The fourth-order valence-electron chi connectivity index (χ4n) is 4.36. The summed E-state index contributed by atoms with van der Waals surface area (Å²) in [5.41, 5.74) is 2.25. The van der Waals surface area contributed by atoms with Gasteiger partial charge in [-0.05, 0) is 45.7 Å². The minimum Gasteiger partial charge on any atom is -0.333 e. The molecule has 5 heterocycles. The number of hydrogen-bond acceptors (Lipinski definition) is 6. The largest absolute Gasteiger partial charge is 0.333 e. The predicted molar refractivity (Wildman–Crippen MR) is 125 cm³/mol. The molecule has 1 fully saturated rings. The molecular formula is C23H25N9O2. The average Bonchev–Trinajstić information content (AvgIpc) is 3.37. The van der Waals surface area contributed by atoms with Crippen molar-refractivity contribution in [3.05, 3.63) is 46.8 Å². The number of carbonyl (C=O) groups excluding carboxylic acids is 1. The third-order valence-electron chi connectivity index (χ3n) is 5.88. The highest BCUT2D eigenvalue weighted by Crippen LogP contribution is 2.26. The topological polar surface area (TPSA) is 137 Å². The molecule has 0 radical (unpaired) electrons. The minimum atomic E-state index is -0.344. The third-order valence-corrected chi connectivity index (χ3v) is 5.88. The van der Waals surface area contributed by atoms with Gasteiger partial charge in [-0.2, -0.15) is 10.4 Å². The molecule has 1 aliphatic heterocycles. The van der Waals surface area contributed by atoms with Crippen LogP contribution in [0.4, 0.5) is 4.79 Å². The molecule has 0 aliphatic carbocycles. The van der Waals surface area contributed by atoms with Crippen LogP contribution >= 0.6 is 0 Å². The molecule has 0 spiro atoms. The molecule has 34 heavy (non-hydrogen) atoms. The molecule has 1 saturated heterocycles. The van der Waals surface area contributed by atoms with Crippen molar-refractivity contribution in [2.24, 2.45) is 0 Å². The van der Waals surface area contributed by atoms with Crippen LogP contribution in [0.3, 0.4) is 0 Å². The Bertz CT molecular complexity index is 1500. The molecule has 2 amide bonds. The van der Waals surface area contributed by atoms with Crippen LogP contribution in [0.25, 0.3) is 28.1 Å². The first-order chi connectivity index (χ1) is 16.2. The van der Waals surface area contributed by atoms with Gasteiger partial charge in [-0.15, -0.1) is 0 Å². The minimum absolute atomic E-state index is 0.139. The highest BCUT2D eigenvalue weighted by molar-refractivity contribution is 5.80. The van der Waals surface area contributed by atoms with Crippen LogP contribution in [0.15, 0.2) is 35.5 Å². The summed E-state index contributed by atoms with van der Waals surface area (Å²) in [6.45, 7) is 6.87. The number of aromatic nitrogens is 6. The number of rotatable bonds is 2. The molecule has 5 rings (SSSR count). The molecule has 4 aromatic heterocycles. The van der Waals surface area contributed by atoms with Gasteiger partial charge in [0.2, 0.25) is 0 Å². The summed E-state index contributed by atoms with van der Waals surface area (Å²) in [5.74, 6) is 0.406. The van der Waals surface area contributed by atoms with E-state index in [1.54, 1.807) is 44.7 Å². The zero-order chi connectivity index (χ0) is 24.0. The van der Waals surface area contributed by atoms with Crippen molar-refractivity contribution in [1.29, 1.82) is 5.26 Å². The second kappa shape index (κ2) is 7.98. The molecular weight excluding hydrogens is 434 g/mol. The Morgan fingerprint density at radius 1 is 1.32 bits per heavy atom. The van der Waals surface area contributed by atoms with E-state index in [1.807, 2.05) is 20.8 Å². The monoisotopic (exact) mass is 459 g/mol. The molecule has 2 N–H and O–H groups in total. The Hall–Kier alpha value is -4.20. The van der Waals surface area contributed by atoms with Crippen molar-refractivity contribution < 1.29 is 4.79 Å². The van der Waals surface area contributed by atoms with Crippen LogP contribution in [-0.4, -0.2) is 58.7 Å². The Morgan fingerprint density at radius 3 is 2.91 bits per heavy atom. The lowest BCUT2D eigenvalue weighted by atomic mass is 10.1. The highest BCUT2D eigenvalue weighted by Gasteiger charge is 2.29. The van der Waals surface area contributed by atoms with Gasteiger partial charge >= 0.3 is 11.7 Å². The van der Waals surface area contributed by atoms with Gasteiger partial charge in [0.15, 0.2) is 11.5 Å². The van der Waals surface area contributed by atoms with E-state index in [2.05, 4.69) is 26.5 Å². The molecule has 11 nitrogen and oxygen atoms in total. The van der Waals surface area contributed by atoms with Crippen LogP contribution in [0.1, 0.15) is 45.2 Å². The summed E-state index contributed by atoms with van der Waals surface area (Å²) in [6, 6.07) is 5.19. The SMILES string of the molecule is CC(C)(C)NC(=O)N1CCC[C@H](n2c(=O)[nH]c3cnc(-c4cnn5ccc(C#N)cc45)nc32)C1. The van der Waals surface area contributed by atoms with E-state index in [4.69, 9.17) is 4.98 Å². The standard InChI is InChI=1S/C23H25N9O2/c1-23(2,3)29-22(34)30-7-4-5-15(13-30)32-20-17(27-21(32)33)12-25-19(28-20)16-11-26-31-8-6-14(10-24)9-18(16)31/h6,8-9,11-12,15H,4-5,7,13H2,1-3H3,(H,27,33)(H,29,34)/t15-/m0/s1. The number of pyridine rings is 1. The number of aromatic amines is 1. The first-order valence-corrected chi connectivity index (χ1v) is 11.2. The number of H-pyrrole nitrogens is 1. The maximum atomic E-state index is 12.9. The normalized spacial score (nSPS) is 16.6. The van der Waals surface area contributed by atoms with Crippen LogP contribution in [-0.2, 0) is 0 Å². The number of fused-ring (bicyclic) bond motifs is 2. The first kappa shape index (κ1) is 21.6. The zero-order valence-corrected chi connectivity index (χ0v) is 19.2. The summed E-state index contributed by atoms with van der Waals surface area (Å²) in [6.07, 6.45) is 6.48. The van der Waals surface area contributed by atoms with Crippen molar-refractivity contribution in [3.63, 3.8) is 0 Å². The number of nitriles is 1. The number of urea groups is 1. The van der Waals surface area contributed by atoms with Gasteiger partial charge in [0.1, 0.15) is 5.52 Å². The summed E-state index contributed by atoms with van der Waals surface area (Å²) < 4.78 is 3.28. The Kier molecular flexibility index (Phi) is 5.08. The summed E-state index contributed by atoms with van der Waals surface area (Å²) in [4.78, 5) is 39.4. The zero-order valence-electron chi connectivity index (χ0n) is 19.2. The molecule has 0 aromatic carbocycles. The van der Waals surface area contributed by atoms with Gasteiger partial charge in [-0.1, -0.05) is 0 Å². The fraction of sp³-hybridized carbons (Fsp3) is 0.391. The molecule has 11 heteroatoms. The van der Waals surface area contributed by atoms with Gasteiger partial charge in [0, 0.05) is 24.8 Å². The van der Waals surface area contributed by atoms with E-state index in [9.17, 15) is 14.9 Å². The van der Waals surface area contributed by atoms with E-state index in [1.165, 1.54) is 0 Å². The van der Waals surface area contributed by atoms with Crippen molar-refractivity contribution in [3.8, 4) is 17.5 Å². The lowest BCUT2D eigenvalue weighted by Gasteiger charge is -2.35. The van der Waals surface area contributed by atoms with Crippen LogP contribution in [0.5, 0.6) is 0 Å². The molecule has 1 atom stereocenters. The first-order valence-electron chi connectivity index (χ1n) is 11.2. The van der Waals surface area contributed by atoms with E-state index < -0.39 is 0 Å². The van der Waals surface area contributed by atoms with Crippen molar-refractivity contribution in [2.45, 2.75) is 45.2 Å². The second-order valence-corrected chi connectivity index (χ2v) is 9.57. The van der Waals surface area contributed by atoms with Gasteiger partial charge < -0.3 is 15.2 Å². The predicted octanol–water partition coefficient (Wildman–Crippen LogP) is 2.45. The molecule has 4 aromatic rings. The van der Waals surface area contributed by atoms with Gasteiger partial charge in [-0.3, -0.25) is 4.57 Å². The second-order valence-electron chi connectivity index (χ2n) is 9.57. The van der Waals surface area contributed by atoms with Crippen molar-refractivity contribution in [2.75, 3.05) is 13.1 Å². The Labute approximate surface area is 195 Å². The van der Waals surface area contributed by atoms with Gasteiger partial charge in [0.25, 0.3) is 0 Å². The number of amides is 2. The number of nitrogens with zero attached hydrogens (tertiary/aromatic N) is 7. The quantitative estimate of drug-likeness (QED) is 0.472. The van der Waals surface area contributed by atoms with Gasteiger partial charge in [0.05, 0.1) is 41.1 Å². The summed E-state index contributed by atoms with van der Waals surface area (Å²) in [5, 5.41) is 16.6.